The minimum atomic E-state index is -0.513. The highest BCUT2D eigenvalue weighted by atomic mass is 16.6. The molecule has 2 aromatic rings. The zero-order valence-corrected chi connectivity index (χ0v) is 19.3. The number of benzene rings is 1. The molecule has 172 valence electrons. The van der Waals surface area contributed by atoms with Crippen LogP contribution in [0.25, 0.3) is 0 Å². The fourth-order valence-corrected chi connectivity index (χ4v) is 3.75. The second-order valence-corrected chi connectivity index (χ2v) is 9.33. The van der Waals surface area contributed by atoms with Gasteiger partial charge in [-0.2, -0.15) is 0 Å². The average Bonchev–Trinajstić information content (AvgIpc) is 2.77. The fourth-order valence-electron chi connectivity index (χ4n) is 3.75. The predicted molar refractivity (Wildman–Crippen MR) is 124 cm³/mol. The molecule has 7 nitrogen and oxygen atoms in total. The third-order valence-corrected chi connectivity index (χ3v) is 5.45. The number of alkyl carbamates (subject to hydrolysis) is 1. The summed E-state index contributed by atoms with van der Waals surface area (Å²) in [5.74, 6) is 0.602. The van der Waals surface area contributed by atoms with Gasteiger partial charge in [0.25, 0.3) is 0 Å². The van der Waals surface area contributed by atoms with Crippen molar-refractivity contribution in [3.63, 3.8) is 0 Å². The molecule has 1 aromatic heterocycles. The third-order valence-electron chi connectivity index (χ3n) is 5.45. The monoisotopic (exact) mass is 438 g/mol. The normalized spacial score (nSPS) is 14.7. The fraction of sp³-hybridized carbons (Fsp3) is 0.480. The molecular formula is C25H34N4O3. The van der Waals surface area contributed by atoms with Crippen molar-refractivity contribution in [2.75, 3.05) is 13.1 Å². The highest BCUT2D eigenvalue weighted by Gasteiger charge is 2.22. The van der Waals surface area contributed by atoms with Gasteiger partial charge in [0.2, 0.25) is 0 Å². The Labute approximate surface area is 190 Å². The smallest absolute Gasteiger partial charge is 0.407 e. The van der Waals surface area contributed by atoms with E-state index in [-0.39, 0.29) is 6.03 Å². The molecule has 1 aliphatic rings. The largest absolute Gasteiger partial charge is 0.444 e. The Hall–Kier alpha value is -3.09. The van der Waals surface area contributed by atoms with Crippen LogP contribution >= 0.6 is 0 Å². The first-order valence-electron chi connectivity index (χ1n) is 11.2. The van der Waals surface area contributed by atoms with Crippen LogP contribution in [0.15, 0.2) is 48.8 Å². The zero-order valence-electron chi connectivity index (χ0n) is 19.3. The second-order valence-electron chi connectivity index (χ2n) is 9.33. The number of nitrogens with zero attached hydrogens (tertiary/aromatic N) is 2. The molecule has 0 spiro atoms. The number of aromatic nitrogens is 1. The van der Waals surface area contributed by atoms with E-state index in [9.17, 15) is 9.59 Å². The van der Waals surface area contributed by atoms with E-state index >= 15 is 0 Å². The number of ether oxygens (including phenoxy) is 1. The van der Waals surface area contributed by atoms with Gasteiger partial charge in [0.15, 0.2) is 0 Å². The number of piperidine rings is 1. The van der Waals surface area contributed by atoms with Crippen molar-refractivity contribution in [2.24, 2.45) is 5.92 Å². The topological polar surface area (TPSA) is 83.6 Å². The second kappa shape index (κ2) is 11.0. The molecule has 32 heavy (non-hydrogen) atoms. The van der Waals surface area contributed by atoms with Crippen LogP contribution in [0.1, 0.15) is 50.3 Å². The van der Waals surface area contributed by atoms with Gasteiger partial charge in [-0.3, -0.25) is 4.98 Å². The summed E-state index contributed by atoms with van der Waals surface area (Å²) in [6, 6.07) is 11.9. The van der Waals surface area contributed by atoms with Crippen molar-refractivity contribution in [1.82, 2.24) is 20.5 Å². The zero-order chi connectivity index (χ0) is 23.0. The first kappa shape index (κ1) is 23.6. The molecule has 1 saturated heterocycles. The Bertz CT molecular complexity index is 870. The van der Waals surface area contributed by atoms with E-state index in [0.717, 1.165) is 43.5 Å². The highest BCUT2D eigenvalue weighted by molar-refractivity contribution is 5.74. The Kier molecular flexibility index (Phi) is 8.09. The summed E-state index contributed by atoms with van der Waals surface area (Å²) in [4.78, 5) is 30.4. The van der Waals surface area contributed by atoms with E-state index in [0.29, 0.717) is 19.0 Å². The van der Waals surface area contributed by atoms with Gasteiger partial charge in [-0.15, -0.1) is 0 Å². The lowest BCUT2D eigenvalue weighted by atomic mass is 9.91. The standard InChI is InChI=1S/C25H34N4O3/c1-25(2,3)32-24(31)28-18-21-8-6-20(7-9-21)17-27-23(30)29-13-10-19(11-14-29)15-22-5-4-12-26-16-22/h4-9,12,16,19H,10-11,13-15,17-18H2,1-3H3,(H,27,30)(H,28,31). The number of nitrogens with one attached hydrogen (secondary N) is 2. The summed E-state index contributed by atoms with van der Waals surface area (Å²) in [5, 5.41) is 5.76. The molecule has 0 aliphatic carbocycles. The number of carbonyl (C=O) groups is 2. The number of pyridine rings is 1. The van der Waals surface area contributed by atoms with Gasteiger partial charge < -0.3 is 20.3 Å². The van der Waals surface area contributed by atoms with Crippen LogP contribution in [-0.2, 0) is 24.2 Å². The average molecular weight is 439 g/mol. The molecule has 0 bridgehead atoms. The first-order valence-corrected chi connectivity index (χ1v) is 11.2. The van der Waals surface area contributed by atoms with Crippen molar-refractivity contribution < 1.29 is 14.3 Å². The van der Waals surface area contributed by atoms with Gasteiger partial charge >= 0.3 is 12.1 Å². The molecule has 1 aliphatic heterocycles. The Balaban J connectivity index is 1.36. The van der Waals surface area contributed by atoms with Crippen molar-refractivity contribution in [3.8, 4) is 0 Å². The summed E-state index contributed by atoms with van der Waals surface area (Å²) in [5.41, 5.74) is 2.74. The van der Waals surface area contributed by atoms with Crippen molar-refractivity contribution >= 4 is 12.1 Å². The molecule has 3 rings (SSSR count). The lowest BCUT2D eigenvalue weighted by molar-refractivity contribution is 0.0523. The van der Waals surface area contributed by atoms with Crippen LogP contribution in [0.5, 0.6) is 0 Å². The third kappa shape index (κ3) is 7.87. The number of rotatable bonds is 6. The molecule has 0 radical (unpaired) electrons. The molecule has 0 atom stereocenters. The van der Waals surface area contributed by atoms with Gasteiger partial charge in [-0.05, 0) is 68.7 Å². The van der Waals surface area contributed by atoms with Gasteiger partial charge in [0, 0.05) is 38.6 Å². The van der Waals surface area contributed by atoms with E-state index in [1.54, 1.807) is 6.20 Å². The number of likely N-dealkylation sites (tertiary alicyclic amines) is 1. The number of urea groups is 1. The van der Waals surface area contributed by atoms with Crippen LogP contribution in [0.2, 0.25) is 0 Å². The van der Waals surface area contributed by atoms with E-state index in [2.05, 4.69) is 21.7 Å². The summed E-state index contributed by atoms with van der Waals surface area (Å²) in [6.45, 7) is 7.95. The summed E-state index contributed by atoms with van der Waals surface area (Å²) < 4.78 is 5.24. The Morgan fingerprint density at radius 1 is 1.00 bits per heavy atom. The highest BCUT2D eigenvalue weighted by Crippen LogP contribution is 2.21. The van der Waals surface area contributed by atoms with Crippen LogP contribution in [0, 0.1) is 5.92 Å². The SMILES string of the molecule is CC(C)(C)OC(=O)NCc1ccc(CNC(=O)N2CCC(Cc3cccnc3)CC2)cc1. The number of carbonyl (C=O) groups excluding carboxylic acids is 2. The van der Waals surface area contributed by atoms with Gasteiger partial charge in [-0.1, -0.05) is 30.3 Å². The minimum Gasteiger partial charge on any atom is -0.444 e. The predicted octanol–water partition coefficient (Wildman–Crippen LogP) is 4.27. The first-order chi connectivity index (χ1) is 15.3. The lowest BCUT2D eigenvalue weighted by Crippen LogP contribution is -2.44. The van der Waals surface area contributed by atoms with E-state index < -0.39 is 11.7 Å². The Morgan fingerprint density at radius 2 is 1.62 bits per heavy atom. The maximum atomic E-state index is 12.5. The molecular weight excluding hydrogens is 404 g/mol. The van der Waals surface area contributed by atoms with Crippen molar-refractivity contribution in [3.05, 3.63) is 65.5 Å². The maximum absolute atomic E-state index is 12.5. The minimum absolute atomic E-state index is 0.0134. The van der Waals surface area contributed by atoms with Crippen LogP contribution < -0.4 is 10.6 Å². The molecule has 2 N–H and O–H groups in total. The van der Waals surface area contributed by atoms with Gasteiger partial charge in [0.1, 0.15) is 5.60 Å². The molecule has 0 saturated carbocycles. The van der Waals surface area contributed by atoms with E-state index in [4.69, 9.17) is 4.74 Å². The molecule has 2 heterocycles. The molecule has 1 fully saturated rings. The summed E-state index contributed by atoms with van der Waals surface area (Å²) in [6.07, 6.45) is 6.35. The van der Waals surface area contributed by atoms with Crippen molar-refractivity contribution in [1.29, 1.82) is 0 Å². The van der Waals surface area contributed by atoms with E-state index in [1.807, 2.05) is 62.2 Å². The molecule has 3 amide bonds. The summed E-state index contributed by atoms with van der Waals surface area (Å²) in [7, 11) is 0. The maximum Gasteiger partial charge on any atom is 0.407 e. The van der Waals surface area contributed by atoms with Gasteiger partial charge in [0.05, 0.1) is 0 Å². The van der Waals surface area contributed by atoms with Gasteiger partial charge in [-0.25, -0.2) is 9.59 Å². The number of hydrogen-bond acceptors (Lipinski definition) is 4. The van der Waals surface area contributed by atoms with Crippen LogP contribution in [0.4, 0.5) is 9.59 Å². The number of amides is 3. The van der Waals surface area contributed by atoms with Crippen LogP contribution in [0.3, 0.4) is 0 Å². The van der Waals surface area contributed by atoms with Crippen molar-refractivity contribution in [2.45, 2.75) is 58.7 Å². The molecule has 7 heteroatoms. The lowest BCUT2D eigenvalue weighted by Gasteiger charge is -2.32. The number of hydrogen-bond donors (Lipinski definition) is 2. The molecule has 0 unspecified atom stereocenters. The molecule has 1 aromatic carbocycles. The Morgan fingerprint density at radius 3 is 2.19 bits per heavy atom. The quantitative estimate of drug-likeness (QED) is 0.705. The van der Waals surface area contributed by atoms with Crippen LogP contribution in [-0.4, -0.2) is 40.7 Å². The van der Waals surface area contributed by atoms with E-state index in [1.165, 1.54) is 5.56 Å². The summed E-state index contributed by atoms with van der Waals surface area (Å²) >= 11 is 0.